The molecule has 0 unspecified atom stereocenters. The van der Waals surface area contributed by atoms with E-state index < -0.39 is 12.1 Å². The highest BCUT2D eigenvalue weighted by Crippen LogP contribution is 2.21. The van der Waals surface area contributed by atoms with Gasteiger partial charge >= 0.3 is 0 Å². The SMILES string of the molecule is CO[C@@H](Cc1cc(Cl)ccc1C(=O)NC(C)(C)C)[C@H](N)Cc1ccccc1F.Cl. The molecular formula is C22H29Cl2FN2O2. The maximum absolute atomic E-state index is 14.0. The van der Waals surface area contributed by atoms with E-state index in [1.54, 1.807) is 43.5 Å². The van der Waals surface area contributed by atoms with Gasteiger partial charge in [-0.15, -0.1) is 12.4 Å². The van der Waals surface area contributed by atoms with Crippen molar-refractivity contribution >= 4 is 29.9 Å². The summed E-state index contributed by atoms with van der Waals surface area (Å²) in [6.45, 7) is 5.76. The molecule has 0 fully saturated rings. The highest BCUT2D eigenvalue weighted by atomic mass is 35.5. The molecule has 4 nitrogen and oxygen atoms in total. The highest BCUT2D eigenvalue weighted by Gasteiger charge is 2.24. The zero-order valence-electron chi connectivity index (χ0n) is 17.2. The minimum absolute atomic E-state index is 0. The Kier molecular flexibility index (Phi) is 9.56. The third-order valence-electron chi connectivity index (χ3n) is 4.42. The van der Waals surface area contributed by atoms with E-state index in [1.807, 2.05) is 20.8 Å². The molecule has 3 N–H and O–H groups in total. The molecule has 0 aliphatic heterocycles. The second-order valence-electron chi connectivity index (χ2n) is 7.94. The van der Waals surface area contributed by atoms with Crippen LogP contribution in [0.25, 0.3) is 0 Å². The quantitative estimate of drug-likeness (QED) is 0.660. The van der Waals surface area contributed by atoms with Gasteiger partial charge in [-0.3, -0.25) is 4.79 Å². The fraction of sp³-hybridized carbons (Fsp3) is 0.409. The number of rotatable bonds is 7. The van der Waals surface area contributed by atoms with Gasteiger partial charge in [0.25, 0.3) is 5.91 Å². The summed E-state index contributed by atoms with van der Waals surface area (Å²) >= 11 is 6.16. The molecule has 0 saturated carbocycles. The van der Waals surface area contributed by atoms with E-state index >= 15 is 0 Å². The van der Waals surface area contributed by atoms with Gasteiger partial charge in [0, 0.05) is 35.7 Å². The van der Waals surface area contributed by atoms with Crippen molar-refractivity contribution in [3.63, 3.8) is 0 Å². The number of nitrogens with one attached hydrogen (secondary N) is 1. The molecule has 0 saturated heterocycles. The number of nitrogens with two attached hydrogens (primary N) is 1. The average molecular weight is 443 g/mol. The Labute approximate surface area is 183 Å². The minimum atomic E-state index is -0.445. The molecule has 2 atom stereocenters. The monoisotopic (exact) mass is 442 g/mol. The van der Waals surface area contributed by atoms with Gasteiger partial charge in [0.1, 0.15) is 5.82 Å². The van der Waals surface area contributed by atoms with Crippen molar-refractivity contribution < 1.29 is 13.9 Å². The van der Waals surface area contributed by atoms with Crippen molar-refractivity contribution in [1.29, 1.82) is 0 Å². The molecule has 160 valence electrons. The number of benzene rings is 2. The molecule has 1 amide bonds. The summed E-state index contributed by atoms with van der Waals surface area (Å²) in [5.41, 5.74) is 7.76. The van der Waals surface area contributed by atoms with Crippen molar-refractivity contribution in [2.45, 2.75) is 51.3 Å². The van der Waals surface area contributed by atoms with Crippen LogP contribution in [-0.2, 0) is 17.6 Å². The molecule has 0 aliphatic rings. The first-order valence-corrected chi connectivity index (χ1v) is 9.61. The van der Waals surface area contributed by atoms with Gasteiger partial charge in [0.15, 0.2) is 0 Å². The molecule has 0 aromatic heterocycles. The molecule has 29 heavy (non-hydrogen) atoms. The molecule has 0 aliphatic carbocycles. The normalized spacial score (nSPS) is 13.3. The topological polar surface area (TPSA) is 64.3 Å². The number of amides is 1. The van der Waals surface area contributed by atoms with Crippen LogP contribution < -0.4 is 11.1 Å². The number of carbonyl (C=O) groups excluding carboxylic acids is 1. The zero-order chi connectivity index (χ0) is 20.9. The Balaban J connectivity index is 0.00000420. The summed E-state index contributed by atoms with van der Waals surface area (Å²) in [6.07, 6.45) is 0.314. The van der Waals surface area contributed by atoms with E-state index in [2.05, 4.69) is 5.32 Å². The van der Waals surface area contributed by atoms with Gasteiger partial charge in [-0.1, -0.05) is 29.8 Å². The van der Waals surface area contributed by atoms with Crippen LogP contribution in [0, 0.1) is 5.82 Å². The molecule has 0 bridgehead atoms. The van der Waals surface area contributed by atoms with Gasteiger partial charge in [-0.25, -0.2) is 4.39 Å². The molecular weight excluding hydrogens is 414 g/mol. The Morgan fingerprint density at radius 1 is 1.17 bits per heavy atom. The Bertz CT molecular complexity index is 825. The lowest BCUT2D eigenvalue weighted by Gasteiger charge is -2.25. The van der Waals surface area contributed by atoms with E-state index in [0.717, 1.165) is 5.56 Å². The lowest BCUT2D eigenvalue weighted by atomic mass is 9.93. The average Bonchev–Trinajstić information content (AvgIpc) is 2.60. The van der Waals surface area contributed by atoms with Gasteiger partial charge in [-0.2, -0.15) is 0 Å². The minimum Gasteiger partial charge on any atom is -0.379 e. The largest absolute Gasteiger partial charge is 0.379 e. The van der Waals surface area contributed by atoms with E-state index in [1.165, 1.54) is 6.07 Å². The van der Waals surface area contributed by atoms with Crippen LogP contribution in [-0.4, -0.2) is 30.7 Å². The number of carbonyl (C=O) groups is 1. The summed E-state index contributed by atoms with van der Waals surface area (Å²) in [4.78, 5) is 12.7. The summed E-state index contributed by atoms with van der Waals surface area (Å²) in [6, 6.07) is 11.2. The second-order valence-corrected chi connectivity index (χ2v) is 8.38. The first-order valence-electron chi connectivity index (χ1n) is 9.23. The fourth-order valence-corrected chi connectivity index (χ4v) is 3.23. The van der Waals surface area contributed by atoms with E-state index in [0.29, 0.717) is 29.0 Å². The standard InChI is InChI=1S/C22H28ClFN2O2.ClH/c1-22(2,3)26-21(27)17-10-9-16(23)11-15(17)13-20(28-4)19(25)12-14-7-5-6-8-18(14)24;/h5-11,19-20H,12-13,25H2,1-4H3,(H,26,27);1H/t19-,20+;/m1./s1. The van der Waals surface area contributed by atoms with Crippen molar-refractivity contribution in [2.75, 3.05) is 7.11 Å². The summed E-state index contributed by atoms with van der Waals surface area (Å²) < 4.78 is 19.5. The fourth-order valence-electron chi connectivity index (χ4n) is 3.04. The number of hydrogen-bond donors (Lipinski definition) is 2. The van der Waals surface area contributed by atoms with E-state index in [9.17, 15) is 9.18 Å². The molecule has 2 aromatic rings. The van der Waals surface area contributed by atoms with Crippen LogP contribution in [0.1, 0.15) is 42.3 Å². The van der Waals surface area contributed by atoms with E-state index in [4.69, 9.17) is 22.1 Å². The molecule has 2 rings (SSSR count). The molecule has 7 heteroatoms. The molecule has 0 heterocycles. The molecule has 2 aromatic carbocycles. The second kappa shape index (κ2) is 10.9. The van der Waals surface area contributed by atoms with Crippen LogP contribution in [0.15, 0.2) is 42.5 Å². The maximum Gasteiger partial charge on any atom is 0.251 e. The third-order valence-corrected chi connectivity index (χ3v) is 4.65. The molecule has 0 spiro atoms. The zero-order valence-corrected chi connectivity index (χ0v) is 18.7. The summed E-state index contributed by atoms with van der Waals surface area (Å²) in [5.74, 6) is -0.475. The van der Waals surface area contributed by atoms with Crippen LogP contribution >= 0.6 is 24.0 Å². The number of ether oxygens (including phenoxy) is 1. The Hall–Kier alpha value is -1.66. The van der Waals surface area contributed by atoms with Crippen LogP contribution in [0.2, 0.25) is 5.02 Å². The van der Waals surface area contributed by atoms with Crippen molar-refractivity contribution in [3.8, 4) is 0 Å². The van der Waals surface area contributed by atoms with Crippen LogP contribution in [0.4, 0.5) is 4.39 Å². The first-order chi connectivity index (χ1) is 13.1. The van der Waals surface area contributed by atoms with Crippen LogP contribution in [0.5, 0.6) is 0 Å². The van der Waals surface area contributed by atoms with Gasteiger partial charge < -0.3 is 15.8 Å². The molecule has 0 radical (unpaired) electrons. The first kappa shape index (κ1) is 25.4. The van der Waals surface area contributed by atoms with Crippen molar-refractivity contribution in [1.82, 2.24) is 5.32 Å². The van der Waals surface area contributed by atoms with Gasteiger partial charge in [0.2, 0.25) is 0 Å². The summed E-state index contributed by atoms with van der Waals surface area (Å²) in [5, 5.41) is 3.49. The Morgan fingerprint density at radius 2 is 1.83 bits per heavy atom. The van der Waals surface area contributed by atoms with E-state index in [-0.39, 0.29) is 29.7 Å². The van der Waals surface area contributed by atoms with Gasteiger partial charge in [0.05, 0.1) is 6.10 Å². The highest BCUT2D eigenvalue weighted by molar-refractivity contribution is 6.30. The smallest absolute Gasteiger partial charge is 0.251 e. The Morgan fingerprint density at radius 3 is 2.41 bits per heavy atom. The van der Waals surface area contributed by atoms with Crippen LogP contribution in [0.3, 0.4) is 0 Å². The number of halogens is 3. The maximum atomic E-state index is 14.0. The predicted molar refractivity (Wildman–Crippen MR) is 118 cm³/mol. The number of hydrogen-bond acceptors (Lipinski definition) is 3. The van der Waals surface area contributed by atoms with Crippen molar-refractivity contribution in [2.24, 2.45) is 5.73 Å². The summed E-state index contributed by atoms with van der Waals surface area (Å²) in [7, 11) is 1.56. The lowest BCUT2D eigenvalue weighted by molar-refractivity contribution is 0.0795. The van der Waals surface area contributed by atoms with Crippen molar-refractivity contribution in [3.05, 3.63) is 70.0 Å². The van der Waals surface area contributed by atoms with Gasteiger partial charge in [-0.05, 0) is 62.6 Å². The number of methoxy groups -OCH3 is 1. The lowest BCUT2D eigenvalue weighted by Crippen LogP contribution is -2.42. The predicted octanol–water partition coefficient (Wildman–Crippen LogP) is 4.56. The third kappa shape index (κ3) is 7.59.